The first-order valence-corrected chi connectivity index (χ1v) is 10.3. The van der Waals surface area contributed by atoms with Crippen LogP contribution in [0.4, 0.5) is 13.2 Å². The van der Waals surface area contributed by atoms with Gasteiger partial charge in [-0.2, -0.15) is 13.2 Å². The number of carbonyl (C=O) groups is 2. The second kappa shape index (κ2) is 9.78. The Morgan fingerprint density at radius 3 is 2.47 bits per heavy atom. The first kappa shape index (κ1) is 22.6. The highest BCUT2D eigenvalue weighted by atomic mass is 19.4. The summed E-state index contributed by atoms with van der Waals surface area (Å²) in [5.74, 6) is -2.43. The average molecular weight is 428 g/mol. The minimum absolute atomic E-state index is 0.224. The highest BCUT2D eigenvalue weighted by Crippen LogP contribution is 2.33. The van der Waals surface area contributed by atoms with Crippen molar-refractivity contribution >= 4 is 11.9 Å². The SMILES string of the molecule is O=C(O)C(F)(F)F.O=C1CCCN1[C@@H]1CN(CCc2ccccc2)[C@@H]2CCCO[C@@H]21. The first-order chi connectivity index (χ1) is 14.3. The Balaban J connectivity index is 0.000000318. The van der Waals surface area contributed by atoms with E-state index in [0.29, 0.717) is 11.9 Å². The summed E-state index contributed by atoms with van der Waals surface area (Å²) in [5, 5.41) is 7.12. The number of alkyl halides is 3. The molecule has 0 aromatic heterocycles. The van der Waals surface area contributed by atoms with Crippen molar-refractivity contribution in [1.82, 2.24) is 9.80 Å². The molecule has 3 fully saturated rings. The number of carboxylic acid groups (broad SMARTS) is 1. The predicted molar refractivity (Wildman–Crippen MR) is 103 cm³/mol. The molecule has 0 spiro atoms. The summed E-state index contributed by atoms with van der Waals surface area (Å²) in [6, 6.07) is 11.4. The van der Waals surface area contributed by atoms with Gasteiger partial charge in [0.25, 0.3) is 0 Å². The van der Waals surface area contributed by atoms with Crippen molar-refractivity contribution in [3.05, 3.63) is 35.9 Å². The molecule has 1 aromatic rings. The van der Waals surface area contributed by atoms with E-state index in [4.69, 9.17) is 14.6 Å². The van der Waals surface area contributed by atoms with Gasteiger partial charge in [0.2, 0.25) is 5.91 Å². The fourth-order valence-electron chi connectivity index (χ4n) is 4.49. The maximum Gasteiger partial charge on any atom is 0.490 e. The molecule has 0 saturated carbocycles. The summed E-state index contributed by atoms with van der Waals surface area (Å²) in [4.78, 5) is 25.7. The van der Waals surface area contributed by atoms with Crippen molar-refractivity contribution in [2.75, 3.05) is 26.2 Å². The van der Waals surface area contributed by atoms with Gasteiger partial charge in [0.15, 0.2) is 0 Å². The highest BCUT2D eigenvalue weighted by molar-refractivity contribution is 5.78. The third kappa shape index (κ3) is 5.51. The number of halogens is 3. The summed E-state index contributed by atoms with van der Waals surface area (Å²) >= 11 is 0. The normalized spacial score (nSPS) is 26.8. The summed E-state index contributed by atoms with van der Waals surface area (Å²) in [7, 11) is 0. The molecule has 0 radical (unpaired) electrons. The number of aliphatic carboxylic acids is 1. The number of rotatable bonds is 4. The molecule has 6 nitrogen and oxygen atoms in total. The fourth-order valence-corrected chi connectivity index (χ4v) is 4.49. The van der Waals surface area contributed by atoms with Crippen molar-refractivity contribution in [2.45, 2.75) is 56.5 Å². The van der Waals surface area contributed by atoms with Gasteiger partial charge in [-0.15, -0.1) is 0 Å². The fraction of sp³-hybridized carbons (Fsp3) is 0.619. The average Bonchev–Trinajstić information content (AvgIpc) is 3.30. The molecule has 1 aromatic carbocycles. The molecular formula is C21H27F3N2O4. The maximum absolute atomic E-state index is 12.2. The number of hydrogen-bond acceptors (Lipinski definition) is 4. The molecule has 30 heavy (non-hydrogen) atoms. The van der Waals surface area contributed by atoms with E-state index in [1.54, 1.807) is 0 Å². The van der Waals surface area contributed by atoms with Crippen LogP contribution in [0.5, 0.6) is 0 Å². The van der Waals surface area contributed by atoms with Crippen molar-refractivity contribution < 1.29 is 32.6 Å². The quantitative estimate of drug-likeness (QED) is 0.799. The van der Waals surface area contributed by atoms with E-state index in [1.165, 1.54) is 12.0 Å². The predicted octanol–water partition coefficient (Wildman–Crippen LogP) is 2.72. The molecule has 9 heteroatoms. The van der Waals surface area contributed by atoms with Crippen LogP contribution in [0.2, 0.25) is 0 Å². The van der Waals surface area contributed by atoms with E-state index in [2.05, 4.69) is 40.1 Å². The van der Waals surface area contributed by atoms with Gasteiger partial charge < -0.3 is 14.7 Å². The molecule has 0 unspecified atom stereocenters. The van der Waals surface area contributed by atoms with Crippen molar-refractivity contribution in [2.24, 2.45) is 0 Å². The zero-order valence-electron chi connectivity index (χ0n) is 16.7. The Bertz CT molecular complexity index is 729. The second-order valence-electron chi connectivity index (χ2n) is 7.84. The molecule has 3 atom stereocenters. The van der Waals surface area contributed by atoms with Gasteiger partial charge >= 0.3 is 12.1 Å². The van der Waals surface area contributed by atoms with E-state index in [1.807, 2.05) is 0 Å². The van der Waals surface area contributed by atoms with Crippen LogP contribution in [0.15, 0.2) is 30.3 Å². The highest BCUT2D eigenvalue weighted by Gasteiger charge is 2.47. The molecule has 3 aliphatic heterocycles. The minimum Gasteiger partial charge on any atom is -0.475 e. The van der Waals surface area contributed by atoms with E-state index in [-0.39, 0.29) is 12.1 Å². The Hall–Kier alpha value is -2.13. The van der Waals surface area contributed by atoms with Crippen LogP contribution in [-0.2, 0) is 20.7 Å². The number of fused-ring (bicyclic) bond motifs is 1. The topological polar surface area (TPSA) is 70.1 Å². The summed E-state index contributed by atoms with van der Waals surface area (Å²) in [5.41, 5.74) is 1.39. The van der Waals surface area contributed by atoms with E-state index < -0.39 is 12.1 Å². The third-order valence-corrected chi connectivity index (χ3v) is 5.89. The Kier molecular flexibility index (Phi) is 7.36. The zero-order valence-corrected chi connectivity index (χ0v) is 16.7. The summed E-state index contributed by atoms with van der Waals surface area (Å²) < 4.78 is 37.9. The van der Waals surface area contributed by atoms with E-state index in [9.17, 15) is 18.0 Å². The summed E-state index contributed by atoms with van der Waals surface area (Å²) in [6.07, 6.45) is 0.294. The van der Waals surface area contributed by atoms with Crippen LogP contribution in [-0.4, -0.2) is 77.4 Å². The number of hydrogen-bond donors (Lipinski definition) is 1. The molecular weight excluding hydrogens is 401 g/mol. The molecule has 0 aliphatic carbocycles. The van der Waals surface area contributed by atoms with Crippen molar-refractivity contribution in [3.8, 4) is 0 Å². The maximum atomic E-state index is 12.2. The zero-order chi connectivity index (χ0) is 21.7. The number of amides is 1. The van der Waals surface area contributed by atoms with Gasteiger partial charge in [-0.1, -0.05) is 30.3 Å². The van der Waals surface area contributed by atoms with Crippen LogP contribution >= 0.6 is 0 Å². The van der Waals surface area contributed by atoms with Gasteiger partial charge in [0.1, 0.15) is 0 Å². The van der Waals surface area contributed by atoms with Crippen LogP contribution in [0, 0.1) is 0 Å². The standard InChI is InChI=1S/C19H26N2O2.C2HF3O2/c22-18-9-4-11-21(18)17-14-20(16-8-5-13-23-19(16)17)12-10-15-6-2-1-3-7-15;3-2(4,5)1(6)7/h1-3,6-7,16-17,19H,4-5,8-14H2;(H,6,7)/t16-,17-,19+;/m1./s1. The number of carboxylic acids is 1. The van der Waals surface area contributed by atoms with Gasteiger partial charge in [0, 0.05) is 38.7 Å². The number of benzene rings is 1. The van der Waals surface area contributed by atoms with Crippen LogP contribution in [0.3, 0.4) is 0 Å². The van der Waals surface area contributed by atoms with Crippen molar-refractivity contribution in [1.29, 1.82) is 0 Å². The smallest absolute Gasteiger partial charge is 0.475 e. The lowest BCUT2D eigenvalue weighted by atomic mass is 10.00. The number of likely N-dealkylation sites (tertiary alicyclic amines) is 2. The van der Waals surface area contributed by atoms with E-state index in [0.717, 1.165) is 51.9 Å². The molecule has 166 valence electrons. The molecule has 1 amide bonds. The lowest BCUT2D eigenvalue weighted by Crippen LogP contribution is -2.48. The Labute approximate surface area is 173 Å². The van der Waals surface area contributed by atoms with E-state index >= 15 is 0 Å². The van der Waals surface area contributed by atoms with Crippen LogP contribution < -0.4 is 0 Å². The van der Waals surface area contributed by atoms with Crippen LogP contribution in [0.25, 0.3) is 0 Å². The molecule has 3 saturated heterocycles. The van der Waals surface area contributed by atoms with Gasteiger partial charge in [0.05, 0.1) is 12.1 Å². The Morgan fingerprint density at radius 1 is 1.17 bits per heavy atom. The lowest BCUT2D eigenvalue weighted by Gasteiger charge is -2.34. The first-order valence-electron chi connectivity index (χ1n) is 10.3. The molecule has 0 bridgehead atoms. The number of nitrogens with zero attached hydrogens (tertiary/aromatic N) is 2. The van der Waals surface area contributed by atoms with Gasteiger partial charge in [-0.3, -0.25) is 9.69 Å². The molecule has 4 rings (SSSR count). The van der Waals surface area contributed by atoms with Crippen molar-refractivity contribution in [3.63, 3.8) is 0 Å². The van der Waals surface area contributed by atoms with Crippen LogP contribution in [0.1, 0.15) is 31.2 Å². The number of ether oxygens (including phenoxy) is 1. The second-order valence-corrected chi connectivity index (χ2v) is 7.84. The third-order valence-electron chi connectivity index (χ3n) is 5.89. The number of carbonyl (C=O) groups excluding carboxylic acids is 1. The Morgan fingerprint density at radius 2 is 1.87 bits per heavy atom. The monoisotopic (exact) mass is 428 g/mol. The van der Waals surface area contributed by atoms with Gasteiger partial charge in [-0.05, 0) is 31.2 Å². The molecule has 1 N–H and O–H groups in total. The largest absolute Gasteiger partial charge is 0.490 e. The summed E-state index contributed by atoms with van der Waals surface area (Å²) in [6.45, 7) is 3.82. The molecule has 3 aliphatic rings. The molecule has 3 heterocycles. The van der Waals surface area contributed by atoms with Gasteiger partial charge in [-0.25, -0.2) is 4.79 Å². The lowest BCUT2D eigenvalue weighted by molar-refractivity contribution is -0.192. The minimum atomic E-state index is -5.08.